The molecule has 0 aliphatic heterocycles. The average molecular weight is 436 g/mol. The van der Waals surface area contributed by atoms with Crippen molar-refractivity contribution in [2.45, 2.75) is 70.2 Å². The summed E-state index contributed by atoms with van der Waals surface area (Å²) in [4.78, 5) is 48.7. The molecule has 0 fully saturated rings. The van der Waals surface area contributed by atoms with E-state index in [1.807, 2.05) is 13.8 Å². The van der Waals surface area contributed by atoms with E-state index in [2.05, 4.69) is 15.6 Å². The summed E-state index contributed by atoms with van der Waals surface area (Å²) in [6.45, 7) is 5.68. The van der Waals surface area contributed by atoms with Crippen LogP contribution in [0, 0.1) is 5.92 Å². The molecule has 10 N–H and O–H groups in total. The summed E-state index contributed by atoms with van der Waals surface area (Å²) in [7, 11) is -3.10. The highest BCUT2D eigenvalue weighted by atomic mass is 31.2. The van der Waals surface area contributed by atoms with Gasteiger partial charge in [-0.2, -0.15) is 0 Å². The fraction of sp³-hybridized carbons (Fsp3) is 0.824. The molecule has 0 aliphatic carbocycles. The van der Waals surface area contributed by atoms with Crippen molar-refractivity contribution in [3.8, 4) is 0 Å². The van der Waals surface area contributed by atoms with Gasteiger partial charge in [-0.05, 0) is 38.0 Å². The van der Waals surface area contributed by atoms with E-state index < -0.39 is 36.6 Å². The van der Waals surface area contributed by atoms with Crippen molar-refractivity contribution in [1.29, 1.82) is 0 Å². The topological polar surface area (TPSA) is 206 Å². The fourth-order valence-corrected chi connectivity index (χ4v) is 3.86. The SMILES string of the molecule is CC[C@@H](N[C@@H](CC(C)C)C(=O)[C@@](N)(CCCCN=C(N)N)C(=O)NC)P(=O)(O)O. The Morgan fingerprint density at radius 1 is 1.21 bits per heavy atom. The summed E-state index contributed by atoms with van der Waals surface area (Å²) in [6.07, 6.45) is 1.37. The van der Waals surface area contributed by atoms with E-state index in [1.54, 1.807) is 6.92 Å². The van der Waals surface area contributed by atoms with Crippen LogP contribution in [0.15, 0.2) is 4.99 Å². The summed E-state index contributed by atoms with van der Waals surface area (Å²) in [6, 6.07) is -0.979. The van der Waals surface area contributed by atoms with Crippen LogP contribution in [0.1, 0.15) is 52.9 Å². The van der Waals surface area contributed by atoms with Gasteiger partial charge in [0, 0.05) is 13.6 Å². The Hall–Kier alpha value is -1.52. The molecule has 29 heavy (non-hydrogen) atoms. The number of rotatable bonds is 14. The fourth-order valence-electron chi connectivity index (χ4n) is 3.01. The number of carbonyl (C=O) groups excluding carboxylic acids is 2. The molecular formula is C17H37N6O5P. The van der Waals surface area contributed by atoms with Crippen LogP contribution >= 0.6 is 7.60 Å². The van der Waals surface area contributed by atoms with Gasteiger partial charge < -0.3 is 32.3 Å². The lowest BCUT2D eigenvalue weighted by atomic mass is 9.82. The molecule has 0 aliphatic rings. The standard InChI is InChI=1S/C17H37N6O5P/c1-5-13(29(26,27)28)23-12(10-11(2)3)14(24)17(20,15(25)21-4)8-6-7-9-22-16(18)19/h11-13,23H,5-10,20H2,1-4H3,(H,21,25)(H4,18,19,22)(H2,26,27,28)/t12-,13-,17-/m0/s1. The zero-order valence-electron chi connectivity index (χ0n) is 17.7. The summed E-state index contributed by atoms with van der Waals surface area (Å²) < 4.78 is 11.7. The summed E-state index contributed by atoms with van der Waals surface area (Å²) in [5.41, 5.74) is 15.0. The van der Waals surface area contributed by atoms with Gasteiger partial charge in [0.05, 0.1) is 6.04 Å². The molecule has 0 rings (SSSR count). The molecule has 0 radical (unpaired) electrons. The number of amides is 1. The van der Waals surface area contributed by atoms with Crippen molar-refractivity contribution < 1.29 is 23.9 Å². The molecule has 1 amide bonds. The summed E-state index contributed by atoms with van der Waals surface area (Å²) >= 11 is 0. The molecule has 0 spiro atoms. The van der Waals surface area contributed by atoms with Crippen LogP contribution < -0.4 is 27.8 Å². The molecule has 0 aromatic rings. The van der Waals surface area contributed by atoms with Crippen molar-refractivity contribution in [3.05, 3.63) is 0 Å². The number of guanidine groups is 1. The van der Waals surface area contributed by atoms with Gasteiger partial charge in [-0.25, -0.2) is 0 Å². The first-order valence-electron chi connectivity index (χ1n) is 9.71. The predicted molar refractivity (Wildman–Crippen MR) is 113 cm³/mol. The highest BCUT2D eigenvalue weighted by molar-refractivity contribution is 7.52. The highest BCUT2D eigenvalue weighted by Crippen LogP contribution is 2.41. The van der Waals surface area contributed by atoms with Crippen molar-refractivity contribution in [2.75, 3.05) is 13.6 Å². The zero-order valence-corrected chi connectivity index (χ0v) is 18.6. The molecule has 0 aromatic heterocycles. The van der Waals surface area contributed by atoms with Crippen molar-refractivity contribution in [3.63, 3.8) is 0 Å². The molecule has 0 heterocycles. The van der Waals surface area contributed by atoms with Crippen molar-refractivity contribution in [2.24, 2.45) is 28.1 Å². The number of hydrogen-bond acceptors (Lipinski definition) is 6. The molecule has 0 bridgehead atoms. The maximum atomic E-state index is 13.3. The molecule has 0 unspecified atom stereocenters. The zero-order chi connectivity index (χ0) is 22.8. The minimum absolute atomic E-state index is 0.0292. The Bertz CT molecular complexity index is 619. The van der Waals surface area contributed by atoms with Crippen LogP contribution in [0.25, 0.3) is 0 Å². The number of carbonyl (C=O) groups is 2. The number of aliphatic imine (C=N–C) groups is 1. The third-order valence-electron chi connectivity index (χ3n) is 4.56. The smallest absolute Gasteiger partial charge is 0.342 e. The monoisotopic (exact) mass is 436 g/mol. The quantitative estimate of drug-likeness (QED) is 0.0606. The van der Waals surface area contributed by atoms with Gasteiger partial charge in [-0.1, -0.05) is 20.8 Å². The second-order valence-corrected chi connectivity index (χ2v) is 9.34. The first kappa shape index (κ1) is 27.5. The minimum Gasteiger partial charge on any atom is -0.370 e. The van der Waals surface area contributed by atoms with Crippen molar-refractivity contribution >= 4 is 25.2 Å². The number of Topliss-reactive ketones (excluding diaryl/α,β-unsaturated/α-hetero) is 1. The highest BCUT2D eigenvalue weighted by Gasteiger charge is 2.45. The molecule has 11 nitrogen and oxygen atoms in total. The third kappa shape index (κ3) is 9.22. The van der Waals surface area contributed by atoms with E-state index in [0.29, 0.717) is 19.4 Å². The molecule has 3 atom stereocenters. The minimum atomic E-state index is -4.48. The van der Waals surface area contributed by atoms with E-state index in [4.69, 9.17) is 17.2 Å². The van der Waals surface area contributed by atoms with E-state index in [1.165, 1.54) is 7.05 Å². The number of unbranched alkanes of at least 4 members (excludes halogenated alkanes) is 1. The lowest BCUT2D eigenvalue weighted by Crippen LogP contribution is -2.64. The lowest BCUT2D eigenvalue weighted by molar-refractivity contribution is -0.137. The maximum absolute atomic E-state index is 13.3. The number of hydrogen-bond donors (Lipinski definition) is 7. The second-order valence-electron chi connectivity index (χ2n) is 7.54. The third-order valence-corrected chi connectivity index (χ3v) is 5.88. The molecule has 170 valence electrons. The Labute approximate surface area is 172 Å². The number of nitrogens with two attached hydrogens (primary N) is 3. The van der Waals surface area contributed by atoms with Gasteiger partial charge in [-0.15, -0.1) is 0 Å². The van der Waals surface area contributed by atoms with Crippen LogP contribution in [-0.2, 0) is 14.2 Å². The van der Waals surface area contributed by atoms with Crippen LogP contribution in [0.2, 0.25) is 0 Å². The first-order valence-corrected chi connectivity index (χ1v) is 11.4. The molecular weight excluding hydrogens is 399 g/mol. The Balaban J connectivity index is 5.60. The Morgan fingerprint density at radius 2 is 1.79 bits per heavy atom. The van der Waals surface area contributed by atoms with Gasteiger partial charge in [0.15, 0.2) is 17.3 Å². The molecule has 12 heteroatoms. The molecule has 0 aromatic carbocycles. The number of ketones is 1. The molecule has 0 saturated heterocycles. The van der Waals surface area contributed by atoms with E-state index in [-0.39, 0.29) is 31.1 Å². The first-order chi connectivity index (χ1) is 13.3. The van der Waals surface area contributed by atoms with Crippen LogP contribution in [-0.4, -0.2) is 58.4 Å². The number of nitrogens with one attached hydrogen (secondary N) is 2. The lowest BCUT2D eigenvalue weighted by Gasteiger charge is -2.33. The Morgan fingerprint density at radius 3 is 2.21 bits per heavy atom. The number of likely N-dealkylation sites (N-methyl/N-ethyl adjacent to an activating group) is 1. The van der Waals surface area contributed by atoms with Crippen LogP contribution in [0.5, 0.6) is 0 Å². The average Bonchev–Trinajstić information content (AvgIpc) is 2.61. The van der Waals surface area contributed by atoms with E-state index in [0.717, 1.165) is 0 Å². The van der Waals surface area contributed by atoms with Crippen LogP contribution in [0.4, 0.5) is 0 Å². The van der Waals surface area contributed by atoms with Gasteiger partial charge in [0.25, 0.3) is 0 Å². The van der Waals surface area contributed by atoms with Crippen molar-refractivity contribution in [1.82, 2.24) is 10.6 Å². The van der Waals surface area contributed by atoms with Gasteiger partial charge in [0.2, 0.25) is 5.91 Å². The van der Waals surface area contributed by atoms with Gasteiger partial charge >= 0.3 is 7.60 Å². The normalized spacial score (nSPS) is 16.0. The number of nitrogens with zero attached hydrogens (tertiary/aromatic N) is 1. The maximum Gasteiger partial charge on any atom is 0.342 e. The van der Waals surface area contributed by atoms with E-state index >= 15 is 0 Å². The van der Waals surface area contributed by atoms with Crippen LogP contribution in [0.3, 0.4) is 0 Å². The van der Waals surface area contributed by atoms with E-state index in [9.17, 15) is 23.9 Å². The molecule has 0 saturated carbocycles. The Kier molecular flexibility index (Phi) is 11.6. The van der Waals surface area contributed by atoms with Gasteiger partial charge in [-0.3, -0.25) is 24.5 Å². The largest absolute Gasteiger partial charge is 0.370 e. The van der Waals surface area contributed by atoms with Gasteiger partial charge in [0.1, 0.15) is 5.78 Å². The summed E-state index contributed by atoms with van der Waals surface area (Å²) in [5, 5.41) is 5.17. The predicted octanol–water partition coefficient (Wildman–Crippen LogP) is -0.639. The summed E-state index contributed by atoms with van der Waals surface area (Å²) in [5.74, 6) is -2.47. The second kappa shape index (κ2) is 12.2.